The van der Waals surface area contributed by atoms with Crippen molar-refractivity contribution in [3.63, 3.8) is 0 Å². The number of nitrogens with zero attached hydrogens (tertiary/aromatic N) is 2. The number of aromatic nitrogens is 1. The van der Waals surface area contributed by atoms with E-state index >= 15 is 0 Å². The number of aliphatic imine (C=N–C) groups is 1. The van der Waals surface area contributed by atoms with Gasteiger partial charge < -0.3 is 4.57 Å². The fraction of sp³-hybridized carbons (Fsp3) is 0.100. The summed E-state index contributed by atoms with van der Waals surface area (Å²) in [6.45, 7) is 0.954. The smallest absolute Gasteiger partial charge is 0.0787 e. The van der Waals surface area contributed by atoms with Crippen molar-refractivity contribution in [2.45, 2.75) is 6.54 Å². The molecule has 3 heteroatoms. The lowest BCUT2D eigenvalue weighted by atomic mass is 10.4. The zero-order valence-electron chi connectivity index (χ0n) is 6.97. The topological polar surface area (TPSA) is 17.3 Å². The third-order valence-electron chi connectivity index (χ3n) is 2.24. The molecule has 0 atom stereocenters. The maximum Gasteiger partial charge on any atom is 0.0787 e. The van der Waals surface area contributed by atoms with Crippen molar-refractivity contribution < 1.29 is 0 Å². The zero-order chi connectivity index (χ0) is 8.67. The molecule has 13 heavy (non-hydrogen) atoms. The molecular weight excluding hydrogens is 180 g/mol. The molecule has 2 aromatic heterocycles. The SMILES string of the molecule is C1=Nc2ccsc2Cn2cccc21. The summed E-state index contributed by atoms with van der Waals surface area (Å²) < 4.78 is 2.21. The van der Waals surface area contributed by atoms with Crippen molar-refractivity contribution in [3.05, 3.63) is 40.3 Å². The molecule has 1 aliphatic rings. The van der Waals surface area contributed by atoms with Crippen molar-refractivity contribution in [1.82, 2.24) is 4.57 Å². The van der Waals surface area contributed by atoms with Crippen LogP contribution in [0.1, 0.15) is 10.6 Å². The first-order valence-electron chi connectivity index (χ1n) is 4.19. The van der Waals surface area contributed by atoms with Gasteiger partial charge in [-0.15, -0.1) is 11.3 Å². The fourth-order valence-electron chi connectivity index (χ4n) is 1.55. The van der Waals surface area contributed by atoms with E-state index in [4.69, 9.17) is 0 Å². The Hall–Kier alpha value is -1.35. The molecule has 0 bridgehead atoms. The Balaban J connectivity index is 2.20. The molecule has 64 valence electrons. The molecule has 0 aliphatic carbocycles. The van der Waals surface area contributed by atoms with Crippen LogP contribution in [0.25, 0.3) is 0 Å². The number of fused-ring (bicyclic) bond motifs is 2. The van der Waals surface area contributed by atoms with E-state index in [1.165, 1.54) is 10.6 Å². The second-order valence-electron chi connectivity index (χ2n) is 3.05. The summed E-state index contributed by atoms with van der Waals surface area (Å²) in [6, 6.07) is 6.21. The van der Waals surface area contributed by atoms with Gasteiger partial charge in [0.25, 0.3) is 0 Å². The van der Waals surface area contributed by atoms with Gasteiger partial charge in [-0.25, -0.2) is 0 Å². The van der Waals surface area contributed by atoms with E-state index in [1.54, 1.807) is 11.3 Å². The minimum absolute atomic E-state index is 0.954. The van der Waals surface area contributed by atoms with Gasteiger partial charge in [0.1, 0.15) is 0 Å². The lowest BCUT2D eigenvalue weighted by Crippen LogP contribution is -1.98. The molecule has 0 aromatic carbocycles. The van der Waals surface area contributed by atoms with Gasteiger partial charge in [0.05, 0.1) is 24.1 Å². The van der Waals surface area contributed by atoms with E-state index in [-0.39, 0.29) is 0 Å². The van der Waals surface area contributed by atoms with Gasteiger partial charge >= 0.3 is 0 Å². The van der Waals surface area contributed by atoms with Crippen LogP contribution in [-0.2, 0) is 6.54 Å². The molecule has 0 spiro atoms. The Bertz CT molecular complexity index is 422. The predicted molar refractivity (Wildman–Crippen MR) is 55.1 cm³/mol. The van der Waals surface area contributed by atoms with Gasteiger partial charge in [0.15, 0.2) is 0 Å². The highest BCUT2D eigenvalue weighted by Gasteiger charge is 2.08. The summed E-state index contributed by atoms with van der Waals surface area (Å²) in [5, 5.41) is 2.09. The largest absolute Gasteiger partial charge is 0.341 e. The Morgan fingerprint density at radius 1 is 1.38 bits per heavy atom. The Morgan fingerprint density at radius 2 is 2.38 bits per heavy atom. The van der Waals surface area contributed by atoms with Crippen molar-refractivity contribution in [3.8, 4) is 0 Å². The average molecular weight is 188 g/mol. The Kier molecular flexibility index (Phi) is 1.40. The summed E-state index contributed by atoms with van der Waals surface area (Å²) in [5.74, 6) is 0. The second kappa shape index (κ2) is 2.57. The predicted octanol–water partition coefficient (Wildman–Crippen LogP) is 2.66. The molecule has 0 fully saturated rings. The lowest BCUT2D eigenvalue weighted by Gasteiger charge is -2.00. The first-order valence-corrected chi connectivity index (χ1v) is 5.07. The molecule has 3 heterocycles. The Morgan fingerprint density at radius 3 is 3.38 bits per heavy atom. The van der Waals surface area contributed by atoms with Crippen molar-refractivity contribution in [2.75, 3.05) is 0 Å². The summed E-state index contributed by atoms with van der Waals surface area (Å²) in [4.78, 5) is 5.76. The molecule has 0 saturated carbocycles. The minimum Gasteiger partial charge on any atom is -0.341 e. The third-order valence-corrected chi connectivity index (χ3v) is 3.13. The van der Waals surface area contributed by atoms with Crippen LogP contribution in [0.15, 0.2) is 34.8 Å². The monoisotopic (exact) mass is 188 g/mol. The van der Waals surface area contributed by atoms with Crippen LogP contribution < -0.4 is 0 Å². The highest BCUT2D eigenvalue weighted by molar-refractivity contribution is 7.10. The molecule has 0 radical (unpaired) electrons. The van der Waals surface area contributed by atoms with E-state index in [0.717, 1.165) is 12.2 Å². The summed E-state index contributed by atoms with van der Waals surface area (Å²) >= 11 is 1.77. The highest BCUT2D eigenvalue weighted by Crippen LogP contribution is 2.28. The first-order chi connectivity index (χ1) is 6.43. The Labute approximate surface area is 80.2 Å². The van der Waals surface area contributed by atoms with Crippen LogP contribution >= 0.6 is 11.3 Å². The summed E-state index contributed by atoms with van der Waals surface area (Å²) in [5.41, 5.74) is 2.30. The van der Waals surface area contributed by atoms with Gasteiger partial charge in [-0.2, -0.15) is 0 Å². The fourth-order valence-corrected chi connectivity index (χ4v) is 2.36. The maximum atomic E-state index is 4.42. The van der Waals surface area contributed by atoms with Crippen LogP contribution in [0.4, 0.5) is 5.69 Å². The molecule has 0 amide bonds. The summed E-state index contributed by atoms with van der Waals surface area (Å²) in [6.07, 6.45) is 4.02. The van der Waals surface area contributed by atoms with Crippen LogP contribution in [0, 0.1) is 0 Å². The molecule has 1 aliphatic heterocycles. The maximum absolute atomic E-state index is 4.42. The minimum atomic E-state index is 0.954. The first kappa shape index (κ1) is 7.09. The number of hydrogen-bond donors (Lipinski definition) is 0. The van der Waals surface area contributed by atoms with Crippen LogP contribution in [0.3, 0.4) is 0 Å². The second-order valence-corrected chi connectivity index (χ2v) is 4.05. The van der Waals surface area contributed by atoms with Gasteiger partial charge in [-0.05, 0) is 23.6 Å². The van der Waals surface area contributed by atoms with Crippen LogP contribution in [0.2, 0.25) is 0 Å². The molecule has 0 N–H and O–H groups in total. The van der Waals surface area contributed by atoms with Gasteiger partial charge in [-0.1, -0.05) is 0 Å². The van der Waals surface area contributed by atoms with E-state index < -0.39 is 0 Å². The normalized spacial score (nSPS) is 13.5. The van der Waals surface area contributed by atoms with E-state index in [9.17, 15) is 0 Å². The summed E-state index contributed by atoms with van der Waals surface area (Å²) in [7, 11) is 0. The number of thiophene rings is 1. The van der Waals surface area contributed by atoms with Gasteiger partial charge in [0.2, 0.25) is 0 Å². The molecule has 2 aromatic rings. The zero-order valence-corrected chi connectivity index (χ0v) is 7.79. The van der Waals surface area contributed by atoms with Crippen LogP contribution in [0.5, 0.6) is 0 Å². The quantitative estimate of drug-likeness (QED) is 0.516. The lowest BCUT2D eigenvalue weighted by molar-refractivity contribution is 0.818. The highest BCUT2D eigenvalue weighted by atomic mass is 32.1. The molecule has 0 saturated heterocycles. The van der Waals surface area contributed by atoms with Crippen LogP contribution in [-0.4, -0.2) is 10.8 Å². The molecule has 2 nitrogen and oxygen atoms in total. The van der Waals surface area contributed by atoms with E-state index in [1.807, 2.05) is 6.21 Å². The van der Waals surface area contributed by atoms with Crippen molar-refractivity contribution >= 4 is 23.2 Å². The van der Waals surface area contributed by atoms with Crippen molar-refractivity contribution in [1.29, 1.82) is 0 Å². The van der Waals surface area contributed by atoms with E-state index in [0.29, 0.717) is 0 Å². The standard InChI is InChI=1S/C10H8N2S/c1-2-8-6-11-9-3-5-13-10(9)7-12(8)4-1/h1-6H,7H2. The number of hydrogen-bond acceptors (Lipinski definition) is 2. The van der Waals surface area contributed by atoms with Crippen molar-refractivity contribution in [2.24, 2.45) is 4.99 Å². The average Bonchev–Trinajstić information content (AvgIpc) is 2.72. The molecule has 3 rings (SSSR count). The van der Waals surface area contributed by atoms with Gasteiger partial charge in [0, 0.05) is 11.1 Å². The third kappa shape index (κ3) is 1.04. The molecular formula is C10H8N2S. The number of rotatable bonds is 0. The van der Waals surface area contributed by atoms with Gasteiger partial charge in [-0.3, -0.25) is 4.99 Å². The molecule has 0 unspecified atom stereocenters. The van der Waals surface area contributed by atoms with E-state index in [2.05, 4.69) is 39.3 Å².